The minimum atomic E-state index is -2.28. The molecule has 0 bridgehead atoms. The number of rotatable bonds is 6. The molecule has 18 heavy (non-hydrogen) atoms. The molecule has 0 saturated carbocycles. The van der Waals surface area contributed by atoms with E-state index in [1.807, 2.05) is 0 Å². The average molecular weight is 296 g/mol. The molecule has 0 N–H and O–H groups in total. The number of hydrogen-bond donors (Lipinski definition) is 0. The third-order valence-corrected chi connectivity index (χ3v) is 4.05. The van der Waals surface area contributed by atoms with E-state index in [0.29, 0.717) is 10.3 Å². The van der Waals surface area contributed by atoms with Crippen LogP contribution >= 0.6 is 23.5 Å². The van der Waals surface area contributed by atoms with Crippen LogP contribution in [-0.4, -0.2) is 15.9 Å². The number of allylic oxidation sites excluding steroid dienone is 1. The fourth-order valence-corrected chi connectivity index (χ4v) is 3.12. The van der Waals surface area contributed by atoms with Crippen LogP contribution in [0.15, 0.2) is 16.9 Å². The summed E-state index contributed by atoms with van der Waals surface area (Å²) < 4.78 is 36.6. The van der Waals surface area contributed by atoms with Gasteiger partial charge in [0.25, 0.3) is 0 Å². The van der Waals surface area contributed by atoms with Crippen molar-refractivity contribution in [2.24, 2.45) is 10.9 Å². The molecule has 0 fully saturated rings. The van der Waals surface area contributed by atoms with E-state index in [1.54, 1.807) is 6.19 Å². The van der Waals surface area contributed by atoms with Gasteiger partial charge in [0.2, 0.25) is 6.19 Å². The molecule has 0 rings (SSSR count). The maximum atomic E-state index is 12.5. The molecule has 0 heterocycles. The first-order chi connectivity index (χ1) is 8.47. The lowest BCUT2D eigenvalue weighted by Gasteiger charge is -2.05. The van der Waals surface area contributed by atoms with Crippen LogP contribution in [0.2, 0.25) is 0 Å². The third kappa shape index (κ3) is 9.42. The van der Waals surface area contributed by atoms with Gasteiger partial charge in [-0.05, 0) is 12.3 Å². The van der Waals surface area contributed by atoms with Gasteiger partial charge in [-0.3, -0.25) is 0 Å². The highest BCUT2D eigenvalue weighted by Crippen LogP contribution is 2.23. The van der Waals surface area contributed by atoms with E-state index in [0.717, 1.165) is 23.9 Å². The Morgan fingerprint density at radius 2 is 1.83 bits per heavy atom. The Bertz CT molecular complexity index is 345. The van der Waals surface area contributed by atoms with E-state index in [9.17, 15) is 13.2 Å². The second-order valence-electron chi connectivity index (χ2n) is 3.77. The third-order valence-electron chi connectivity index (χ3n) is 1.81. The minimum absolute atomic E-state index is 0.151. The molecular weight excluding hydrogens is 281 g/mol. The Kier molecular flexibility index (Phi) is 9.98. The van der Waals surface area contributed by atoms with Crippen molar-refractivity contribution in [1.29, 1.82) is 5.26 Å². The van der Waals surface area contributed by atoms with E-state index in [-0.39, 0.29) is 12.2 Å². The molecule has 0 radical (unpaired) electrons. The fourth-order valence-electron chi connectivity index (χ4n) is 0.851. The average Bonchev–Trinajstić information content (AvgIpc) is 2.28. The monoisotopic (exact) mass is 296 g/mol. The summed E-state index contributed by atoms with van der Waals surface area (Å²) in [6, 6.07) is 0. The van der Waals surface area contributed by atoms with E-state index in [4.69, 9.17) is 5.26 Å². The molecule has 2 nitrogen and oxygen atoms in total. The number of aliphatic imine (C=N–C) groups is 1. The molecule has 0 aliphatic heterocycles. The summed E-state index contributed by atoms with van der Waals surface area (Å²) in [7, 11) is 0. The largest absolute Gasteiger partial charge is 0.301 e. The highest BCUT2D eigenvalue weighted by molar-refractivity contribution is 8.38. The smallest absolute Gasteiger partial charge is 0.206 e. The van der Waals surface area contributed by atoms with Crippen LogP contribution in [0.3, 0.4) is 0 Å². The van der Waals surface area contributed by atoms with Gasteiger partial charge >= 0.3 is 6.08 Å². The predicted octanol–water partition coefficient (Wildman–Crippen LogP) is 4.80. The second kappa shape index (κ2) is 10.3. The van der Waals surface area contributed by atoms with Crippen LogP contribution in [0.1, 0.15) is 26.7 Å². The van der Waals surface area contributed by atoms with Gasteiger partial charge in [0, 0.05) is 17.9 Å². The standard InChI is InChI=1S/C11H15F3N2S2/c1-8(2)3-5-17-11(16-7-15)18-6-4-9(12)10(13)14/h8H,3-6H2,1-2H3. The molecular formula is C11H15F3N2S2. The quantitative estimate of drug-likeness (QED) is 0.401. The Labute approximate surface area is 114 Å². The van der Waals surface area contributed by atoms with Crippen molar-refractivity contribution in [2.75, 3.05) is 11.5 Å². The zero-order chi connectivity index (χ0) is 14.0. The van der Waals surface area contributed by atoms with E-state index in [1.165, 1.54) is 11.8 Å². The molecule has 0 saturated heterocycles. The summed E-state index contributed by atoms with van der Waals surface area (Å²) in [6.07, 6.45) is 0.0133. The second-order valence-corrected chi connectivity index (χ2v) is 6.20. The molecule has 0 atom stereocenters. The summed E-state index contributed by atoms with van der Waals surface area (Å²) in [5.41, 5.74) is 0. The van der Waals surface area contributed by atoms with E-state index < -0.39 is 11.9 Å². The first-order valence-corrected chi connectivity index (χ1v) is 7.36. The van der Waals surface area contributed by atoms with Crippen molar-refractivity contribution in [3.8, 4) is 6.19 Å². The summed E-state index contributed by atoms with van der Waals surface area (Å²) in [5.74, 6) is 0.108. The van der Waals surface area contributed by atoms with Crippen LogP contribution in [0.4, 0.5) is 13.2 Å². The van der Waals surface area contributed by atoms with Crippen molar-refractivity contribution in [3.63, 3.8) is 0 Å². The maximum absolute atomic E-state index is 12.5. The molecule has 0 spiro atoms. The minimum Gasteiger partial charge on any atom is -0.206 e. The zero-order valence-electron chi connectivity index (χ0n) is 10.3. The zero-order valence-corrected chi connectivity index (χ0v) is 11.9. The lowest BCUT2D eigenvalue weighted by molar-refractivity contribution is 0.373. The Balaban J connectivity index is 4.04. The lowest BCUT2D eigenvalue weighted by Crippen LogP contribution is -1.95. The van der Waals surface area contributed by atoms with Crippen LogP contribution in [0, 0.1) is 17.4 Å². The van der Waals surface area contributed by atoms with Crippen molar-refractivity contribution in [2.45, 2.75) is 26.7 Å². The van der Waals surface area contributed by atoms with Crippen LogP contribution in [0.25, 0.3) is 0 Å². The van der Waals surface area contributed by atoms with Crippen LogP contribution < -0.4 is 0 Å². The molecule has 7 heteroatoms. The molecule has 0 aromatic carbocycles. The van der Waals surface area contributed by atoms with E-state index >= 15 is 0 Å². The molecule has 102 valence electrons. The molecule has 0 aliphatic carbocycles. The molecule has 0 aromatic heterocycles. The number of nitriles is 1. The Hall–Kier alpha value is -0.610. The van der Waals surface area contributed by atoms with Gasteiger partial charge in [0.05, 0.1) is 0 Å². The van der Waals surface area contributed by atoms with Crippen molar-refractivity contribution in [3.05, 3.63) is 11.9 Å². The summed E-state index contributed by atoms with van der Waals surface area (Å²) in [6.45, 7) is 4.16. The normalized spacial score (nSPS) is 11.5. The van der Waals surface area contributed by atoms with E-state index in [2.05, 4.69) is 18.8 Å². The van der Waals surface area contributed by atoms with Gasteiger partial charge in [-0.1, -0.05) is 37.4 Å². The molecule has 0 aromatic rings. The Morgan fingerprint density at radius 3 is 2.33 bits per heavy atom. The first kappa shape index (κ1) is 17.4. The summed E-state index contributed by atoms with van der Waals surface area (Å²) >= 11 is 2.53. The lowest BCUT2D eigenvalue weighted by atomic mass is 10.2. The highest BCUT2D eigenvalue weighted by atomic mass is 32.2. The summed E-state index contributed by atoms with van der Waals surface area (Å²) in [5, 5.41) is 8.47. The van der Waals surface area contributed by atoms with Gasteiger partial charge in [-0.2, -0.15) is 19.0 Å². The topological polar surface area (TPSA) is 36.1 Å². The van der Waals surface area contributed by atoms with Crippen molar-refractivity contribution >= 4 is 27.9 Å². The van der Waals surface area contributed by atoms with Crippen LogP contribution in [0.5, 0.6) is 0 Å². The highest BCUT2D eigenvalue weighted by Gasteiger charge is 2.07. The van der Waals surface area contributed by atoms with Crippen LogP contribution in [-0.2, 0) is 0 Å². The maximum Gasteiger partial charge on any atom is 0.301 e. The van der Waals surface area contributed by atoms with Gasteiger partial charge in [0.15, 0.2) is 5.83 Å². The predicted molar refractivity (Wildman–Crippen MR) is 72.4 cm³/mol. The molecule has 0 amide bonds. The number of thioether (sulfide) groups is 2. The van der Waals surface area contributed by atoms with Crippen molar-refractivity contribution < 1.29 is 13.2 Å². The number of nitrogens with zero attached hydrogens (tertiary/aromatic N) is 2. The Morgan fingerprint density at radius 1 is 1.22 bits per heavy atom. The van der Waals surface area contributed by atoms with Gasteiger partial charge < -0.3 is 0 Å². The molecule has 0 aliphatic rings. The van der Waals surface area contributed by atoms with Gasteiger partial charge in [-0.15, -0.1) is 0 Å². The number of halogens is 3. The van der Waals surface area contributed by atoms with Gasteiger partial charge in [0.1, 0.15) is 4.38 Å². The van der Waals surface area contributed by atoms with Gasteiger partial charge in [-0.25, -0.2) is 4.39 Å². The van der Waals surface area contributed by atoms with Crippen molar-refractivity contribution in [1.82, 2.24) is 0 Å². The first-order valence-electron chi connectivity index (χ1n) is 5.39. The number of hydrogen-bond acceptors (Lipinski definition) is 4. The fraction of sp³-hybridized carbons (Fsp3) is 0.636. The SMILES string of the molecule is CC(C)CCSC(=NC#N)SCCC(F)=C(F)F. The summed E-state index contributed by atoms with van der Waals surface area (Å²) in [4.78, 5) is 3.58. The molecule has 0 unspecified atom stereocenters.